The molecule has 0 saturated carbocycles. The largest absolute Gasteiger partial charge is 0.179 e. The molecule has 0 saturated heterocycles. The Hall–Kier alpha value is -0.920. The average Bonchev–Trinajstić information content (AvgIpc) is 3.47. The van der Waals surface area contributed by atoms with Gasteiger partial charge in [-0.15, -0.1) is 43.2 Å². The minimum absolute atomic E-state index is 0. The fourth-order valence-corrected chi connectivity index (χ4v) is 2.68. The first-order valence-corrected chi connectivity index (χ1v) is 14.2. The van der Waals surface area contributed by atoms with E-state index in [1.165, 1.54) is 22.3 Å². The molecular weight excluding hydrogens is 490 g/mol. The van der Waals surface area contributed by atoms with Crippen LogP contribution in [0, 0.1) is 33.1 Å². The maximum atomic E-state index is 3.30. The minimum atomic E-state index is 0. The molecule has 0 N–H and O–H groups in total. The van der Waals surface area contributed by atoms with E-state index in [-0.39, 0.29) is 39.7 Å². The van der Waals surface area contributed by atoms with Gasteiger partial charge < -0.3 is 14.9 Å². The van der Waals surface area contributed by atoms with E-state index in [0.29, 0.717) is 0 Å². The molecule has 29 heavy (non-hydrogen) atoms. The van der Waals surface area contributed by atoms with Crippen molar-refractivity contribution in [2.24, 2.45) is 0 Å². The summed E-state index contributed by atoms with van der Waals surface area (Å²) in [5, 5.41) is 0. The Morgan fingerprint density at radius 2 is 1.31 bits per heavy atom. The van der Waals surface area contributed by atoms with Crippen molar-refractivity contribution >= 4 is 31.7 Å². The molecule has 0 amide bonds. The van der Waals surface area contributed by atoms with Crippen LogP contribution in [0.25, 0.3) is 11.1 Å². The van der Waals surface area contributed by atoms with Gasteiger partial charge in [0.2, 0.25) is 0 Å². The molecule has 4 heteroatoms. The summed E-state index contributed by atoms with van der Waals surface area (Å²) in [5.41, 5.74) is 5.51. The number of hydrogen-bond acceptors (Lipinski definition) is 0. The molecule has 3 aliphatic rings. The van der Waals surface area contributed by atoms with E-state index in [4.69, 9.17) is 0 Å². The number of hydrogen-bond donors (Lipinski definition) is 0. The summed E-state index contributed by atoms with van der Waals surface area (Å²) in [5.74, 6) is 0. The number of allylic oxidation sites excluding steroid dienone is 8. The first kappa shape index (κ1) is 32.7. The summed E-state index contributed by atoms with van der Waals surface area (Å²) in [6, 6.07) is 18.1. The molecule has 2 aromatic carbocycles. The van der Waals surface area contributed by atoms with Crippen LogP contribution in [0.2, 0.25) is 0 Å². The first-order valence-electron chi connectivity index (χ1n) is 8.32. The predicted octanol–water partition coefficient (Wildman–Crippen LogP) is 6.49. The van der Waals surface area contributed by atoms with Gasteiger partial charge >= 0.3 is 30.2 Å². The van der Waals surface area contributed by atoms with Crippen LogP contribution in [-0.4, -0.2) is 6.88 Å². The molecule has 0 atom stereocenters. The number of halogens is 2. The van der Waals surface area contributed by atoms with Gasteiger partial charge in [-0.05, 0) is 6.42 Å². The smallest absolute Gasteiger partial charge is 0.0253 e. The molecule has 0 fully saturated rings. The van der Waals surface area contributed by atoms with E-state index in [0.717, 1.165) is 19.3 Å². The standard InChI is InChI=1S/C13H9.2C5H5.2CH3.2ClH.H2Si.Zr/c1-3-7-12-10(5-1)9-11-6-2-4-8-13(11)12;2*1-2-4-5-3-1;;;;;;/h1-5,7-8H,9H2;2*1-3H,4H2;2*1H3;2*1H;1H2;/q5*-1;;;;. The zero-order chi connectivity index (χ0) is 17.7. The van der Waals surface area contributed by atoms with E-state index in [9.17, 15) is 0 Å². The van der Waals surface area contributed by atoms with Crippen molar-refractivity contribution in [2.75, 3.05) is 0 Å². The molecule has 3 aliphatic carbocycles. The Bertz CT molecular complexity index is 709. The van der Waals surface area contributed by atoms with Crippen LogP contribution in [0.15, 0.2) is 78.9 Å². The Kier molecular flexibility index (Phi) is 23.0. The fourth-order valence-electron chi connectivity index (χ4n) is 2.68. The van der Waals surface area contributed by atoms with E-state index >= 15 is 0 Å². The van der Waals surface area contributed by atoms with Crippen molar-refractivity contribution < 1.29 is 23.3 Å². The van der Waals surface area contributed by atoms with Gasteiger partial charge in [-0.2, -0.15) is 42.0 Å². The van der Waals surface area contributed by atoms with Crippen LogP contribution in [0.5, 0.6) is 0 Å². The van der Waals surface area contributed by atoms with Gasteiger partial charge in [0.05, 0.1) is 0 Å². The van der Waals surface area contributed by atoms with E-state index in [1.807, 2.05) is 37.2 Å². The van der Waals surface area contributed by atoms with Crippen molar-refractivity contribution in [3.8, 4) is 11.1 Å². The molecular formula is C25H29Cl2SiZr-5. The number of rotatable bonds is 0. The molecule has 5 rings (SSSR count). The second-order valence-corrected chi connectivity index (χ2v) is 5.40. The van der Waals surface area contributed by atoms with Crippen LogP contribution in [0.1, 0.15) is 24.0 Å². The third-order valence-corrected chi connectivity index (χ3v) is 3.79. The molecule has 0 nitrogen and oxygen atoms in total. The molecule has 0 heterocycles. The van der Waals surface area contributed by atoms with Gasteiger partial charge in [0.1, 0.15) is 0 Å². The molecule has 0 unspecified atom stereocenters. The number of benzene rings is 2. The van der Waals surface area contributed by atoms with Crippen molar-refractivity contribution in [3.05, 3.63) is 123 Å². The Morgan fingerprint density at radius 3 is 1.79 bits per heavy atom. The van der Waals surface area contributed by atoms with Gasteiger partial charge in [0, 0.05) is 0 Å². The Balaban J connectivity index is -0.000000362. The third-order valence-electron chi connectivity index (χ3n) is 3.79. The van der Waals surface area contributed by atoms with Crippen LogP contribution in [0.4, 0.5) is 0 Å². The van der Waals surface area contributed by atoms with Crippen LogP contribution in [-0.2, 0) is 29.8 Å². The third kappa shape index (κ3) is 11.2. The molecule has 0 aromatic heterocycles. The van der Waals surface area contributed by atoms with Crippen molar-refractivity contribution in [3.63, 3.8) is 0 Å². The second kappa shape index (κ2) is 20.4. The summed E-state index contributed by atoms with van der Waals surface area (Å²) in [6.07, 6.45) is 21.0. The predicted molar refractivity (Wildman–Crippen MR) is 133 cm³/mol. The zero-order valence-corrected chi connectivity index (χ0v) is 22.7. The van der Waals surface area contributed by atoms with Gasteiger partial charge in [-0.25, -0.2) is 24.3 Å². The van der Waals surface area contributed by atoms with Crippen LogP contribution in [0.3, 0.4) is 0 Å². The summed E-state index contributed by atoms with van der Waals surface area (Å²) in [7, 11) is 0. The van der Waals surface area contributed by atoms with E-state index in [2.05, 4.69) is 66.8 Å². The minimum Gasteiger partial charge on any atom is -0.179 e. The maximum Gasteiger partial charge on any atom is -0.0253 e. The zero-order valence-electron chi connectivity index (χ0n) is 17.2. The molecule has 0 radical (unpaired) electrons. The SMILES string of the molecule is Cl.Cl.[C-]1=CC=CC1.[C-]1=CC=CC1.[CH3-].[CH3-].[SiH2]=[Zr].[c-]1cccc2c1Cc1ccccc1-2. The molecule has 2 aromatic rings. The van der Waals surface area contributed by atoms with Gasteiger partial charge in [0.25, 0.3) is 0 Å². The van der Waals surface area contributed by atoms with Crippen molar-refractivity contribution in [1.29, 1.82) is 0 Å². The van der Waals surface area contributed by atoms with Crippen LogP contribution >= 0.6 is 24.8 Å². The molecule has 0 spiro atoms. The van der Waals surface area contributed by atoms with E-state index in [1.54, 1.807) is 23.3 Å². The summed E-state index contributed by atoms with van der Waals surface area (Å²) < 4.78 is 0. The van der Waals surface area contributed by atoms with Gasteiger partial charge in [0.15, 0.2) is 0 Å². The topological polar surface area (TPSA) is 0 Å². The second-order valence-electron chi connectivity index (χ2n) is 5.40. The summed E-state index contributed by atoms with van der Waals surface area (Å²) >= 11 is 1.58. The first-order chi connectivity index (χ1) is 12.4. The molecule has 0 aliphatic heterocycles. The average molecular weight is 520 g/mol. The quantitative estimate of drug-likeness (QED) is 0.235. The van der Waals surface area contributed by atoms with Gasteiger partial charge in [-0.3, -0.25) is 12.2 Å². The molecule has 156 valence electrons. The Morgan fingerprint density at radius 1 is 0.759 bits per heavy atom. The summed E-state index contributed by atoms with van der Waals surface area (Å²) in [6.45, 7) is 1.95. The number of fused-ring (bicyclic) bond motifs is 3. The maximum absolute atomic E-state index is 3.30. The summed E-state index contributed by atoms with van der Waals surface area (Å²) in [4.78, 5) is 0. The van der Waals surface area contributed by atoms with Crippen LogP contribution < -0.4 is 0 Å². The monoisotopic (exact) mass is 517 g/mol. The Labute approximate surface area is 207 Å². The van der Waals surface area contributed by atoms with Gasteiger partial charge in [-0.1, -0.05) is 35.4 Å². The molecule has 0 bridgehead atoms. The normalized spacial score (nSPS) is 11.7. The van der Waals surface area contributed by atoms with Crippen molar-refractivity contribution in [1.82, 2.24) is 0 Å². The fraction of sp³-hybridized carbons (Fsp3) is 0.120. The van der Waals surface area contributed by atoms with E-state index < -0.39 is 0 Å². The van der Waals surface area contributed by atoms with Crippen molar-refractivity contribution in [2.45, 2.75) is 19.3 Å².